The smallest absolute Gasteiger partial charge is 0.243 e. The van der Waals surface area contributed by atoms with Gasteiger partial charge in [-0.05, 0) is 61.4 Å². The number of benzene rings is 2. The number of sulfonamides is 1. The highest BCUT2D eigenvalue weighted by molar-refractivity contribution is 7.89. The number of hydrogen-bond donors (Lipinski definition) is 0. The highest BCUT2D eigenvalue weighted by Gasteiger charge is 2.34. The van der Waals surface area contributed by atoms with Crippen molar-refractivity contribution in [1.29, 1.82) is 0 Å². The first-order valence-corrected chi connectivity index (χ1v) is 12.1. The fraction of sp³-hybridized carbons (Fsp3) is 0.391. The SMILES string of the molecule is COc1ccc(-c2noc(CN(C3CCCCC3)S(=O)(=O)c3ccc(OC)cc3)n2)cc1. The summed E-state index contributed by atoms with van der Waals surface area (Å²) in [6.45, 7) is 0.0299. The van der Waals surface area contributed by atoms with Crippen LogP contribution in [0.4, 0.5) is 0 Å². The van der Waals surface area contributed by atoms with Gasteiger partial charge in [-0.2, -0.15) is 9.29 Å². The Morgan fingerprint density at radius 1 is 0.938 bits per heavy atom. The van der Waals surface area contributed by atoms with E-state index < -0.39 is 10.0 Å². The zero-order chi connectivity index (χ0) is 22.6. The van der Waals surface area contributed by atoms with E-state index >= 15 is 0 Å². The standard InChI is InChI=1S/C23H27N3O5S/c1-29-19-10-8-17(9-11-19)23-24-22(31-25-23)16-26(18-6-4-3-5-7-18)32(27,28)21-14-12-20(30-2)13-15-21/h8-15,18H,3-7,16H2,1-2H3. The second-order valence-corrected chi connectivity index (χ2v) is 9.65. The van der Waals surface area contributed by atoms with Crippen LogP contribution in [0.2, 0.25) is 0 Å². The molecule has 1 fully saturated rings. The molecule has 1 aliphatic rings. The van der Waals surface area contributed by atoms with E-state index in [4.69, 9.17) is 14.0 Å². The molecular formula is C23H27N3O5S. The fourth-order valence-electron chi connectivity index (χ4n) is 3.97. The minimum absolute atomic E-state index is 0.0299. The van der Waals surface area contributed by atoms with Gasteiger partial charge in [-0.25, -0.2) is 8.42 Å². The highest BCUT2D eigenvalue weighted by Crippen LogP contribution is 2.30. The van der Waals surface area contributed by atoms with Crippen LogP contribution in [0.5, 0.6) is 11.5 Å². The van der Waals surface area contributed by atoms with Gasteiger partial charge in [0.15, 0.2) is 0 Å². The van der Waals surface area contributed by atoms with Gasteiger partial charge in [-0.1, -0.05) is 24.4 Å². The van der Waals surface area contributed by atoms with Crippen molar-refractivity contribution in [3.05, 3.63) is 54.4 Å². The van der Waals surface area contributed by atoms with Gasteiger partial charge in [0.2, 0.25) is 21.7 Å². The molecular weight excluding hydrogens is 430 g/mol. The van der Waals surface area contributed by atoms with Crippen LogP contribution < -0.4 is 9.47 Å². The molecule has 2 aromatic carbocycles. The molecule has 1 aromatic heterocycles. The molecule has 1 aliphatic carbocycles. The number of methoxy groups -OCH3 is 2. The summed E-state index contributed by atoms with van der Waals surface area (Å²) in [6.07, 6.45) is 4.75. The Balaban J connectivity index is 1.61. The van der Waals surface area contributed by atoms with E-state index in [1.165, 1.54) is 4.31 Å². The quantitative estimate of drug-likeness (QED) is 0.498. The van der Waals surface area contributed by atoms with Crippen molar-refractivity contribution >= 4 is 10.0 Å². The Labute approximate surface area is 188 Å². The first-order valence-electron chi connectivity index (χ1n) is 10.6. The average molecular weight is 458 g/mol. The molecule has 0 bridgehead atoms. The summed E-state index contributed by atoms with van der Waals surface area (Å²) >= 11 is 0. The second kappa shape index (κ2) is 9.70. The van der Waals surface area contributed by atoms with Crippen molar-refractivity contribution in [3.8, 4) is 22.9 Å². The van der Waals surface area contributed by atoms with E-state index in [1.807, 2.05) is 24.3 Å². The Kier molecular flexibility index (Phi) is 6.76. The van der Waals surface area contributed by atoms with Gasteiger partial charge in [0.05, 0.1) is 25.7 Å². The highest BCUT2D eigenvalue weighted by atomic mass is 32.2. The Morgan fingerprint density at radius 2 is 1.53 bits per heavy atom. The summed E-state index contributed by atoms with van der Waals surface area (Å²) in [4.78, 5) is 4.68. The van der Waals surface area contributed by atoms with E-state index in [-0.39, 0.29) is 23.4 Å². The second-order valence-electron chi connectivity index (χ2n) is 7.76. The van der Waals surface area contributed by atoms with Crippen LogP contribution in [-0.4, -0.2) is 43.1 Å². The van der Waals surface area contributed by atoms with Crippen LogP contribution in [0, 0.1) is 0 Å². The van der Waals surface area contributed by atoms with Crippen LogP contribution >= 0.6 is 0 Å². The number of hydrogen-bond acceptors (Lipinski definition) is 7. The third-order valence-electron chi connectivity index (χ3n) is 5.76. The summed E-state index contributed by atoms with van der Waals surface area (Å²) in [7, 11) is -0.604. The molecule has 4 rings (SSSR count). The van der Waals surface area contributed by atoms with Crippen molar-refractivity contribution in [2.24, 2.45) is 0 Å². The van der Waals surface area contributed by atoms with E-state index in [1.54, 1.807) is 38.5 Å². The lowest BCUT2D eigenvalue weighted by molar-refractivity contribution is 0.223. The molecule has 170 valence electrons. The van der Waals surface area contributed by atoms with E-state index in [0.29, 0.717) is 11.6 Å². The largest absolute Gasteiger partial charge is 0.497 e. The molecule has 1 heterocycles. The number of aromatic nitrogens is 2. The molecule has 1 saturated carbocycles. The molecule has 0 amide bonds. The Hall–Kier alpha value is -2.91. The van der Waals surface area contributed by atoms with Gasteiger partial charge in [0.25, 0.3) is 0 Å². The molecule has 0 atom stereocenters. The van der Waals surface area contributed by atoms with Gasteiger partial charge in [0.1, 0.15) is 11.5 Å². The molecule has 32 heavy (non-hydrogen) atoms. The van der Waals surface area contributed by atoms with Crippen molar-refractivity contribution in [3.63, 3.8) is 0 Å². The summed E-state index contributed by atoms with van der Waals surface area (Å²) in [5.74, 6) is 2.01. The molecule has 0 saturated heterocycles. The molecule has 9 heteroatoms. The molecule has 0 spiro atoms. The molecule has 0 N–H and O–H groups in total. The average Bonchev–Trinajstić information content (AvgIpc) is 3.32. The topological polar surface area (TPSA) is 94.8 Å². The van der Waals surface area contributed by atoms with Crippen LogP contribution in [0.15, 0.2) is 57.9 Å². The zero-order valence-electron chi connectivity index (χ0n) is 18.2. The van der Waals surface area contributed by atoms with Gasteiger partial charge in [-0.3, -0.25) is 0 Å². The Morgan fingerprint density at radius 3 is 2.12 bits per heavy atom. The summed E-state index contributed by atoms with van der Waals surface area (Å²) in [6, 6.07) is 13.6. The summed E-state index contributed by atoms with van der Waals surface area (Å²) in [5.41, 5.74) is 0.767. The van der Waals surface area contributed by atoms with Crippen LogP contribution in [0.1, 0.15) is 38.0 Å². The fourth-order valence-corrected chi connectivity index (χ4v) is 5.61. The first-order chi connectivity index (χ1) is 15.5. The molecule has 0 unspecified atom stereocenters. The minimum atomic E-state index is -3.75. The van der Waals surface area contributed by atoms with Crippen LogP contribution in [0.3, 0.4) is 0 Å². The first kappa shape index (κ1) is 22.3. The van der Waals surface area contributed by atoms with Crippen LogP contribution in [0.25, 0.3) is 11.4 Å². The summed E-state index contributed by atoms with van der Waals surface area (Å²) in [5, 5.41) is 4.05. The monoisotopic (exact) mass is 457 g/mol. The van der Waals surface area contributed by atoms with Gasteiger partial charge in [0, 0.05) is 11.6 Å². The lowest BCUT2D eigenvalue weighted by Crippen LogP contribution is -2.41. The van der Waals surface area contributed by atoms with E-state index in [0.717, 1.165) is 43.4 Å². The van der Waals surface area contributed by atoms with E-state index in [2.05, 4.69) is 10.1 Å². The lowest BCUT2D eigenvalue weighted by Gasteiger charge is -2.32. The normalized spacial score (nSPS) is 15.1. The zero-order valence-corrected chi connectivity index (χ0v) is 19.0. The van der Waals surface area contributed by atoms with Crippen molar-refractivity contribution in [1.82, 2.24) is 14.4 Å². The molecule has 0 radical (unpaired) electrons. The predicted octanol–water partition coefficient (Wildman–Crippen LogP) is 4.28. The van der Waals surface area contributed by atoms with E-state index in [9.17, 15) is 8.42 Å². The maximum absolute atomic E-state index is 13.6. The minimum Gasteiger partial charge on any atom is -0.497 e. The van der Waals surface area contributed by atoms with Gasteiger partial charge < -0.3 is 14.0 Å². The molecule has 0 aliphatic heterocycles. The third-order valence-corrected chi connectivity index (χ3v) is 7.67. The predicted molar refractivity (Wildman–Crippen MR) is 119 cm³/mol. The number of nitrogens with zero attached hydrogens (tertiary/aromatic N) is 3. The third kappa shape index (κ3) is 4.78. The van der Waals surface area contributed by atoms with Gasteiger partial charge >= 0.3 is 0 Å². The maximum Gasteiger partial charge on any atom is 0.243 e. The summed E-state index contributed by atoms with van der Waals surface area (Å²) < 4.78 is 44.4. The van der Waals surface area contributed by atoms with Crippen LogP contribution in [-0.2, 0) is 16.6 Å². The Bertz CT molecular complexity index is 1120. The van der Waals surface area contributed by atoms with Crippen molar-refractivity contribution in [2.75, 3.05) is 14.2 Å². The maximum atomic E-state index is 13.6. The lowest BCUT2D eigenvalue weighted by atomic mass is 9.95. The number of ether oxygens (including phenoxy) is 2. The van der Waals surface area contributed by atoms with Gasteiger partial charge in [-0.15, -0.1) is 0 Å². The molecule has 3 aromatic rings. The number of rotatable bonds is 8. The van der Waals surface area contributed by atoms with Crippen molar-refractivity contribution in [2.45, 2.75) is 49.6 Å². The van der Waals surface area contributed by atoms with Crippen molar-refractivity contribution < 1.29 is 22.4 Å². The molecule has 8 nitrogen and oxygen atoms in total.